The van der Waals surface area contributed by atoms with Crippen LogP contribution in [-0.2, 0) is 4.74 Å². The number of methoxy groups -OCH3 is 1. The highest BCUT2D eigenvalue weighted by Gasteiger charge is 2.20. The molecule has 0 spiro atoms. The van der Waals surface area contributed by atoms with Gasteiger partial charge in [0.05, 0.1) is 12.8 Å². The zero-order valence-corrected chi connectivity index (χ0v) is 16.3. The zero-order valence-electron chi connectivity index (χ0n) is 13.9. The summed E-state index contributed by atoms with van der Waals surface area (Å²) in [6, 6.07) is 11.0. The Hall–Kier alpha value is -2.58. The second-order valence-electron chi connectivity index (χ2n) is 5.30. The molecule has 132 valence electrons. The Morgan fingerprint density at radius 3 is 2.73 bits per heavy atom. The molecule has 0 aliphatic heterocycles. The summed E-state index contributed by atoms with van der Waals surface area (Å²) in [6.45, 7) is 1.70. The van der Waals surface area contributed by atoms with Gasteiger partial charge in [-0.2, -0.15) is 0 Å². The number of aryl methyl sites for hydroxylation is 1. The van der Waals surface area contributed by atoms with Gasteiger partial charge in [0.25, 0.3) is 5.91 Å². The Morgan fingerprint density at radius 1 is 1.23 bits per heavy atom. The minimum Gasteiger partial charge on any atom is -0.465 e. The van der Waals surface area contributed by atoms with E-state index in [0.29, 0.717) is 16.4 Å². The third-order valence-electron chi connectivity index (χ3n) is 3.47. The fraction of sp³-hybridized carbons (Fsp3) is 0.111. The van der Waals surface area contributed by atoms with Crippen molar-refractivity contribution in [2.45, 2.75) is 6.92 Å². The van der Waals surface area contributed by atoms with Gasteiger partial charge in [-0.05, 0) is 36.8 Å². The lowest BCUT2D eigenvalue weighted by atomic mass is 10.2. The molecule has 1 aromatic carbocycles. The van der Waals surface area contributed by atoms with Crippen LogP contribution in [0.15, 0.2) is 47.1 Å². The molecule has 0 unspecified atom stereocenters. The molecule has 3 aromatic rings. The lowest BCUT2D eigenvalue weighted by Gasteiger charge is -2.05. The number of carbonyl (C=O) groups excluding carboxylic acids is 2. The van der Waals surface area contributed by atoms with E-state index in [2.05, 4.69) is 31.2 Å². The number of thiophene rings is 1. The Balaban J connectivity index is 1.97. The van der Waals surface area contributed by atoms with E-state index in [0.717, 1.165) is 14.9 Å². The second-order valence-corrected chi connectivity index (χ2v) is 7.27. The van der Waals surface area contributed by atoms with Crippen LogP contribution in [0.4, 0.5) is 5.69 Å². The fourth-order valence-corrected chi connectivity index (χ4v) is 3.71. The predicted octanol–water partition coefficient (Wildman–Crippen LogP) is 4.31. The number of carbonyl (C=O) groups is 2. The van der Waals surface area contributed by atoms with Crippen molar-refractivity contribution >= 4 is 44.8 Å². The van der Waals surface area contributed by atoms with Gasteiger partial charge in [0.1, 0.15) is 16.4 Å². The number of esters is 1. The van der Waals surface area contributed by atoms with Gasteiger partial charge >= 0.3 is 5.97 Å². The quantitative estimate of drug-likeness (QED) is 0.622. The topological polar surface area (TPSA) is 81.2 Å². The first-order valence-corrected chi connectivity index (χ1v) is 9.18. The third-order valence-corrected chi connectivity index (χ3v) is 5.13. The van der Waals surface area contributed by atoms with Crippen LogP contribution in [0.5, 0.6) is 0 Å². The molecule has 2 aromatic heterocycles. The summed E-state index contributed by atoms with van der Waals surface area (Å²) in [7, 11) is 1.31. The lowest BCUT2D eigenvalue weighted by Crippen LogP contribution is -2.16. The molecule has 0 aliphatic rings. The lowest BCUT2D eigenvalue weighted by molar-refractivity contribution is 0.0607. The molecule has 0 fully saturated rings. The summed E-state index contributed by atoms with van der Waals surface area (Å²) in [5, 5.41) is 2.74. The first-order chi connectivity index (χ1) is 12.5. The maximum atomic E-state index is 12.5. The van der Waals surface area contributed by atoms with Crippen molar-refractivity contribution in [2.75, 3.05) is 12.4 Å². The van der Waals surface area contributed by atoms with Crippen molar-refractivity contribution in [2.24, 2.45) is 0 Å². The van der Waals surface area contributed by atoms with Crippen molar-refractivity contribution in [1.29, 1.82) is 0 Å². The summed E-state index contributed by atoms with van der Waals surface area (Å²) in [4.78, 5) is 33.8. The number of anilines is 1. The minimum absolute atomic E-state index is 0.225. The molecule has 8 heteroatoms. The standard InChI is InChI=1S/C18H14BrN3O3S/c1-10-20-7-6-13(21-10)17(23)22-14-9-15(26-16(14)18(24)25-2)11-4-3-5-12(19)8-11/h3-9H,1-2H3,(H,22,23). The van der Waals surface area contributed by atoms with E-state index in [1.807, 2.05) is 24.3 Å². The van der Waals surface area contributed by atoms with Gasteiger partial charge in [-0.25, -0.2) is 14.8 Å². The largest absolute Gasteiger partial charge is 0.465 e. The number of aromatic nitrogens is 2. The van der Waals surface area contributed by atoms with E-state index in [4.69, 9.17) is 4.74 Å². The Labute approximate surface area is 162 Å². The third kappa shape index (κ3) is 3.97. The van der Waals surface area contributed by atoms with E-state index < -0.39 is 11.9 Å². The number of ether oxygens (including phenoxy) is 1. The number of nitrogens with zero attached hydrogens (tertiary/aromatic N) is 2. The average molecular weight is 432 g/mol. The summed E-state index contributed by atoms with van der Waals surface area (Å²) in [5.41, 5.74) is 1.54. The molecule has 2 heterocycles. The van der Waals surface area contributed by atoms with E-state index in [-0.39, 0.29) is 5.69 Å². The number of nitrogens with one attached hydrogen (secondary N) is 1. The van der Waals surface area contributed by atoms with Gasteiger partial charge in [0, 0.05) is 15.5 Å². The molecule has 0 saturated carbocycles. The summed E-state index contributed by atoms with van der Waals surface area (Å²) in [6.07, 6.45) is 1.51. The van der Waals surface area contributed by atoms with Crippen molar-refractivity contribution in [3.63, 3.8) is 0 Å². The number of rotatable bonds is 4. The Kier molecular flexibility index (Phi) is 5.43. The summed E-state index contributed by atoms with van der Waals surface area (Å²) < 4.78 is 5.76. The molecule has 0 aliphatic carbocycles. The highest BCUT2D eigenvalue weighted by molar-refractivity contribution is 9.10. The monoisotopic (exact) mass is 431 g/mol. The Bertz CT molecular complexity index is 987. The van der Waals surface area contributed by atoms with Crippen LogP contribution in [0.3, 0.4) is 0 Å². The van der Waals surface area contributed by atoms with Crippen molar-refractivity contribution in [1.82, 2.24) is 9.97 Å². The summed E-state index contributed by atoms with van der Waals surface area (Å²) >= 11 is 4.69. The zero-order chi connectivity index (χ0) is 18.7. The maximum Gasteiger partial charge on any atom is 0.350 e. The molecule has 0 radical (unpaired) electrons. The van der Waals surface area contributed by atoms with Gasteiger partial charge in [-0.3, -0.25) is 4.79 Å². The molecule has 1 amide bonds. The first kappa shape index (κ1) is 18.2. The minimum atomic E-state index is -0.509. The molecule has 26 heavy (non-hydrogen) atoms. The molecule has 0 atom stereocenters. The van der Waals surface area contributed by atoms with Crippen LogP contribution in [-0.4, -0.2) is 29.0 Å². The highest BCUT2D eigenvalue weighted by atomic mass is 79.9. The van der Waals surface area contributed by atoms with E-state index in [1.54, 1.807) is 13.0 Å². The van der Waals surface area contributed by atoms with Gasteiger partial charge in [-0.15, -0.1) is 11.3 Å². The Morgan fingerprint density at radius 2 is 2.04 bits per heavy atom. The van der Waals surface area contributed by atoms with Crippen LogP contribution in [0.1, 0.15) is 26.0 Å². The normalized spacial score (nSPS) is 10.4. The van der Waals surface area contributed by atoms with Crippen LogP contribution >= 0.6 is 27.3 Å². The van der Waals surface area contributed by atoms with Crippen LogP contribution < -0.4 is 5.32 Å². The smallest absolute Gasteiger partial charge is 0.350 e. The van der Waals surface area contributed by atoms with E-state index >= 15 is 0 Å². The number of amides is 1. The highest BCUT2D eigenvalue weighted by Crippen LogP contribution is 2.36. The van der Waals surface area contributed by atoms with Gasteiger partial charge < -0.3 is 10.1 Å². The van der Waals surface area contributed by atoms with Crippen LogP contribution in [0.2, 0.25) is 0 Å². The molecular weight excluding hydrogens is 418 g/mol. The number of benzene rings is 1. The van der Waals surface area contributed by atoms with Crippen molar-refractivity contribution in [3.05, 3.63) is 63.5 Å². The predicted molar refractivity (Wildman–Crippen MR) is 104 cm³/mol. The molecule has 0 bridgehead atoms. The SMILES string of the molecule is COC(=O)c1sc(-c2cccc(Br)c2)cc1NC(=O)c1ccnc(C)n1. The molecule has 6 nitrogen and oxygen atoms in total. The van der Waals surface area contributed by atoms with Crippen LogP contribution in [0, 0.1) is 6.92 Å². The number of hydrogen-bond acceptors (Lipinski definition) is 6. The van der Waals surface area contributed by atoms with Gasteiger partial charge in [0.2, 0.25) is 0 Å². The summed E-state index contributed by atoms with van der Waals surface area (Å²) in [5.74, 6) is -0.435. The van der Waals surface area contributed by atoms with Crippen molar-refractivity contribution in [3.8, 4) is 10.4 Å². The molecule has 0 saturated heterocycles. The van der Waals surface area contributed by atoms with Crippen molar-refractivity contribution < 1.29 is 14.3 Å². The van der Waals surface area contributed by atoms with Gasteiger partial charge in [-0.1, -0.05) is 28.1 Å². The maximum absolute atomic E-state index is 12.5. The molecule has 1 N–H and O–H groups in total. The number of hydrogen-bond donors (Lipinski definition) is 1. The first-order valence-electron chi connectivity index (χ1n) is 7.57. The van der Waals surface area contributed by atoms with E-state index in [1.165, 1.54) is 30.7 Å². The van der Waals surface area contributed by atoms with E-state index in [9.17, 15) is 9.59 Å². The number of halogens is 1. The average Bonchev–Trinajstić information content (AvgIpc) is 3.05. The fourth-order valence-electron chi connectivity index (χ4n) is 2.28. The van der Waals surface area contributed by atoms with Crippen LogP contribution in [0.25, 0.3) is 10.4 Å². The molecular formula is C18H14BrN3O3S. The molecule has 3 rings (SSSR count). The second kappa shape index (κ2) is 7.76. The van der Waals surface area contributed by atoms with Gasteiger partial charge in [0.15, 0.2) is 0 Å².